The van der Waals surface area contributed by atoms with Crippen LogP contribution < -0.4 is 11.1 Å². The Morgan fingerprint density at radius 1 is 1.50 bits per heavy atom. The smallest absolute Gasteiger partial charge is 0.234 e. The lowest BCUT2D eigenvalue weighted by Gasteiger charge is -2.33. The Balaban J connectivity index is 2.02. The van der Waals surface area contributed by atoms with Gasteiger partial charge in [-0.05, 0) is 37.9 Å². The third kappa shape index (κ3) is 3.93. The number of primary amides is 1. The molecule has 3 N–H and O–H groups in total. The second-order valence-electron chi connectivity index (χ2n) is 5.33. The highest BCUT2D eigenvalue weighted by Gasteiger charge is 2.26. The second-order valence-corrected chi connectivity index (χ2v) is 5.33. The lowest BCUT2D eigenvalue weighted by Crippen LogP contribution is -2.47. The van der Waals surface area contributed by atoms with Crippen molar-refractivity contribution >= 4 is 11.7 Å². The molecule has 1 aliphatic heterocycles. The van der Waals surface area contributed by atoms with Crippen LogP contribution in [0.25, 0.3) is 0 Å². The summed E-state index contributed by atoms with van der Waals surface area (Å²) >= 11 is 0. The Kier molecular flexibility index (Phi) is 5.35. The summed E-state index contributed by atoms with van der Waals surface area (Å²) in [4.78, 5) is 18.3. The van der Waals surface area contributed by atoms with Gasteiger partial charge in [0, 0.05) is 13.1 Å². The van der Waals surface area contributed by atoms with Crippen molar-refractivity contribution in [2.75, 3.05) is 18.4 Å². The first-order valence-corrected chi connectivity index (χ1v) is 7.44. The predicted molar refractivity (Wildman–Crippen MR) is 80.3 cm³/mol. The highest BCUT2D eigenvalue weighted by molar-refractivity contribution is 5.79. The van der Waals surface area contributed by atoms with Gasteiger partial charge in [0.25, 0.3) is 0 Å². The number of likely N-dealkylation sites (tertiary alicyclic amines) is 1. The Morgan fingerprint density at radius 2 is 2.35 bits per heavy atom. The number of hydrogen-bond acceptors (Lipinski definition) is 4. The maximum Gasteiger partial charge on any atom is 0.234 e. The molecule has 0 saturated carbocycles. The summed E-state index contributed by atoms with van der Waals surface area (Å²) in [6, 6.07) is 5.84. The summed E-state index contributed by atoms with van der Waals surface area (Å²) in [6.07, 6.45) is 4.14. The summed E-state index contributed by atoms with van der Waals surface area (Å²) in [6.45, 7) is 4.66. The van der Waals surface area contributed by atoms with Crippen molar-refractivity contribution in [2.24, 2.45) is 5.73 Å². The third-order valence-corrected chi connectivity index (χ3v) is 3.67. The molecule has 0 aliphatic carbocycles. The van der Waals surface area contributed by atoms with Gasteiger partial charge < -0.3 is 11.1 Å². The van der Waals surface area contributed by atoms with Crippen LogP contribution in [0.5, 0.6) is 0 Å². The number of nitrogens with two attached hydrogens (primary N) is 1. The van der Waals surface area contributed by atoms with Gasteiger partial charge in [-0.2, -0.15) is 0 Å². The maximum absolute atomic E-state index is 11.5. The Bertz CT molecular complexity index is 449. The van der Waals surface area contributed by atoms with Gasteiger partial charge in [0.15, 0.2) is 0 Å². The average molecular weight is 276 g/mol. The fourth-order valence-corrected chi connectivity index (χ4v) is 2.63. The van der Waals surface area contributed by atoms with Crippen LogP contribution in [0.4, 0.5) is 5.82 Å². The van der Waals surface area contributed by atoms with Crippen molar-refractivity contribution in [1.82, 2.24) is 9.88 Å². The second kappa shape index (κ2) is 7.24. The number of piperidine rings is 1. The van der Waals surface area contributed by atoms with E-state index in [0.29, 0.717) is 6.54 Å². The van der Waals surface area contributed by atoms with Crippen LogP contribution in [-0.4, -0.2) is 34.9 Å². The molecular formula is C15H24N4O. The van der Waals surface area contributed by atoms with Gasteiger partial charge >= 0.3 is 0 Å². The molecule has 20 heavy (non-hydrogen) atoms. The molecule has 0 radical (unpaired) electrons. The number of aromatic nitrogens is 1. The molecule has 1 aliphatic rings. The van der Waals surface area contributed by atoms with Crippen molar-refractivity contribution in [3.8, 4) is 0 Å². The molecule has 1 fully saturated rings. The molecular weight excluding hydrogens is 252 g/mol. The predicted octanol–water partition coefficient (Wildman–Crippen LogP) is 1.74. The van der Waals surface area contributed by atoms with Crippen LogP contribution in [-0.2, 0) is 11.3 Å². The van der Waals surface area contributed by atoms with E-state index in [9.17, 15) is 4.79 Å². The number of amides is 1. The maximum atomic E-state index is 11.5. The van der Waals surface area contributed by atoms with Gasteiger partial charge in [0.1, 0.15) is 5.82 Å². The van der Waals surface area contributed by atoms with Crippen LogP contribution in [0.1, 0.15) is 38.3 Å². The van der Waals surface area contributed by atoms with E-state index in [1.807, 2.05) is 18.2 Å². The monoisotopic (exact) mass is 276 g/mol. The van der Waals surface area contributed by atoms with Crippen molar-refractivity contribution in [3.63, 3.8) is 0 Å². The lowest BCUT2D eigenvalue weighted by atomic mass is 10.0. The molecule has 0 spiro atoms. The van der Waals surface area contributed by atoms with Crippen molar-refractivity contribution in [1.29, 1.82) is 0 Å². The number of pyridine rings is 1. The molecule has 110 valence electrons. The van der Waals surface area contributed by atoms with Crippen molar-refractivity contribution < 1.29 is 4.79 Å². The number of nitrogens with zero attached hydrogens (tertiary/aromatic N) is 2. The van der Waals surface area contributed by atoms with E-state index in [-0.39, 0.29) is 11.9 Å². The molecule has 1 aromatic rings. The summed E-state index contributed by atoms with van der Waals surface area (Å²) in [5.74, 6) is 0.682. The summed E-state index contributed by atoms with van der Waals surface area (Å²) in [5.41, 5.74) is 6.48. The van der Waals surface area contributed by atoms with Crippen molar-refractivity contribution in [3.05, 3.63) is 23.9 Å². The van der Waals surface area contributed by atoms with E-state index in [1.165, 1.54) is 0 Å². The van der Waals surface area contributed by atoms with Crippen molar-refractivity contribution in [2.45, 2.75) is 45.2 Å². The zero-order valence-corrected chi connectivity index (χ0v) is 12.1. The molecule has 2 rings (SSSR count). The van der Waals surface area contributed by atoms with E-state index in [1.54, 1.807) is 0 Å². The molecule has 1 aromatic heterocycles. The van der Waals surface area contributed by atoms with Gasteiger partial charge in [-0.1, -0.05) is 19.4 Å². The van der Waals surface area contributed by atoms with Gasteiger partial charge in [0.05, 0.1) is 11.7 Å². The molecule has 5 heteroatoms. The van der Waals surface area contributed by atoms with Gasteiger partial charge in [-0.25, -0.2) is 4.98 Å². The minimum absolute atomic E-state index is 0.141. The molecule has 2 heterocycles. The number of carbonyl (C=O) groups excluding carboxylic acids is 1. The average Bonchev–Trinajstić information content (AvgIpc) is 2.46. The standard InChI is InChI=1S/C15H24N4O/c1-2-9-17-14-8-5-6-12(18-14)11-19-10-4-3-7-13(19)15(16)20/h5-6,8,13H,2-4,7,9-11H2,1H3,(H2,16,20)(H,17,18). The number of nitrogens with one attached hydrogen (secondary N) is 1. The van der Waals surface area contributed by atoms with Crippen LogP contribution in [0, 0.1) is 0 Å². The first kappa shape index (κ1) is 14.8. The number of carbonyl (C=O) groups is 1. The fraction of sp³-hybridized carbons (Fsp3) is 0.600. The zero-order chi connectivity index (χ0) is 14.4. The first-order chi connectivity index (χ1) is 9.70. The van der Waals surface area contributed by atoms with E-state index in [4.69, 9.17) is 5.73 Å². The highest BCUT2D eigenvalue weighted by Crippen LogP contribution is 2.19. The van der Waals surface area contributed by atoms with Crippen LogP contribution in [0.2, 0.25) is 0 Å². The normalized spacial score (nSPS) is 19.8. The van der Waals surface area contributed by atoms with Gasteiger partial charge in [-0.15, -0.1) is 0 Å². The molecule has 1 atom stereocenters. The van der Waals surface area contributed by atoms with E-state index < -0.39 is 0 Å². The van der Waals surface area contributed by atoms with Crippen LogP contribution in [0.3, 0.4) is 0 Å². The summed E-state index contributed by atoms with van der Waals surface area (Å²) in [5, 5.41) is 3.28. The lowest BCUT2D eigenvalue weighted by molar-refractivity contribution is -0.124. The largest absolute Gasteiger partial charge is 0.370 e. The quantitative estimate of drug-likeness (QED) is 0.830. The van der Waals surface area contributed by atoms with Gasteiger partial charge in [-0.3, -0.25) is 9.69 Å². The third-order valence-electron chi connectivity index (χ3n) is 3.67. The molecule has 5 nitrogen and oxygen atoms in total. The molecule has 1 amide bonds. The Hall–Kier alpha value is -1.62. The number of hydrogen-bond donors (Lipinski definition) is 2. The van der Waals surface area contributed by atoms with Gasteiger partial charge in [0.2, 0.25) is 5.91 Å². The topological polar surface area (TPSA) is 71.2 Å². The summed E-state index contributed by atoms with van der Waals surface area (Å²) in [7, 11) is 0. The summed E-state index contributed by atoms with van der Waals surface area (Å²) < 4.78 is 0. The molecule has 0 aromatic carbocycles. The minimum Gasteiger partial charge on any atom is -0.370 e. The fourth-order valence-electron chi connectivity index (χ4n) is 2.63. The SMILES string of the molecule is CCCNc1cccc(CN2CCCCC2C(N)=O)n1. The highest BCUT2D eigenvalue weighted by atomic mass is 16.1. The molecule has 1 saturated heterocycles. The van der Waals surface area contributed by atoms with E-state index in [2.05, 4.69) is 22.1 Å². The minimum atomic E-state index is -0.218. The first-order valence-electron chi connectivity index (χ1n) is 7.44. The van der Waals surface area contributed by atoms with Crippen LogP contribution >= 0.6 is 0 Å². The van der Waals surface area contributed by atoms with Crippen LogP contribution in [0.15, 0.2) is 18.2 Å². The Morgan fingerprint density at radius 3 is 3.10 bits per heavy atom. The van der Waals surface area contributed by atoms with E-state index >= 15 is 0 Å². The molecule has 1 unspecified atom stereocenters. The zero-order valence-electron chi connectivity index (χ0n) is 12.1. The Labute approximate surface area is 120 Å². The van der Waals surface area contributed by atoms with E-state index in [0.717, 1.165) is 50.3 Å². The number of anilines is 1. The number of rotatable bonds is 6. The molecule has 0 bridgehead atoms.